The predicted octanol–water partition coefficient (Wildman–Crippen LogP) is 11.0. The van der Waals surface area contributed by atoms with Crippen molar-refractivity contribution < 1.29 is 4.74 Å². The molecule has 0 N–H and O–H groups in total. The summed E-state index contributed by atoms with van der Waals surface area (Å²) in [6.45, 7) is 0. The number of nitrogens with zero attached hydrogens (tertiary/aromatic N) is 3. The lowest BCUT2D eigenvalue weighted by Gasteiger charge is -2.22. The number of rotatable bonds is 5. The summed E-state index contributed by atoms with van der Waals surface area (Å²) in [5.74, 6) is 2.88. The number of aromatic nitrogens is 3. The van der Waals surface area contributed by atoms with Crippen molar-refractivity contribution in [2.45, 2.75) is 63.7 Å². The standard InChI is InChI=1S/C45H39N3O/c1-2-10-30(11-3-1)31-19-21-41-39(25-31)38-20-22-43(47-44(38)48(41)42-18-6-7-23-46-42)49-36-16-8-14-32(24-36)37-17-9-15-35-28-45(29-40(35)37)26-33-12-4-5-13-34(33)27-45/h4-9,12-25,30H,1-3,10-11,26-29H2. The van der Waals surface area contributed by atoms with Crippen LogP contribution in [-0.4, -0.2) is 14.5 Å². The monoisotopic (exact) mass is 637 g/mol. The van der Waals surface area contributed by atoms with Crippen LogP contribution in [0.4, 0.5) is 0 Å². The minimum Gasteiger partial charge on any atom is -0.439 e. The first-order valence-electron chi connectivity index (χ1n) is 18.0. The predicted molar refractivity (Wildman–Crippen MR) is 198 cm³/mol. The van der Waals surface area contributed by atoms with E-state index in [-0.39, 0.29) is 0 Å². The van der Waals surface area contributed by atoms with Gasteiger partial charge in [0.25, 0.3) is 0 Å². The Morgan fingerprint density at radius 3 is 2.29 bits per heavy atom. The zero-order valence-electron chi connectivity index (χ0n) is 27.7. The molecule has 1 spiro atoms. The number of pyridine rings is 2. The normalized spacial score (nSPS) is 16.7. The van der Waals surface area contributed by atoms with Gasteiger partial charge in [-0.05, 0) is 131 Å². The van der Waals surface area contributed by atoms with E-state index in [1.54, 1.807) is 0 Å². The van der Waals surface area contributed by atoms with E-state index in [0.717, 1.165) is 41.0 Å². The van der Waals surface area contributed by atoms with Crippen molar-refractivity contribution in [3.05, 3.63) is 149 Å². The zero-order chi connectivity index (χ0) is 32.4. The summed E-state index contributed by atoms with van der Waals surface area (Å²) in [7, 11) is 0. The molecule has 10 rings (SSSR count). The lowest BCUT2D eigenvalue weighted by atomic mass is 9.81. The van der Waals surface area contributed by atoms with Gasteiger partial charge in [0.05, 0.1) is 5.52 Å². The highest BCUT2D eigenvalue weighted by atomic mass is 16.5. The van der Waals surface area contributed by atoms with Crippen LogP contribution < -0.4 is 4.74 Å². The first-order chi connectivity index (χ1) is 24.2. The van der Waals surface area contributed by atoms with Crippen molar-refractivity contribution in [1.82, 2.24) is 14.5 Å². The summed E-state index contributed by atoms with van der Waals surface area (Å²) in [5, 5.41) is 2.35. The molecular weight excluding hydrogens is 599 g/mol. The van der Waals surface area contributed by atoms with E-state index in [9.17, 15) is 0 Å². The quantitative estimate of drug-likeness (QED) is 0.189. The molecule has 1 saturated carbocycles. The van der Waals surface area contributed by atoms with Crippen LogP contribution in [0.5, 0.6) is 11.6 Å². The van der Waals surface area contributed by atoms with E-state index in [4.69, 9.17) is 14.7 Å². The smallest absolute Gasteiger partial charge is 0.221 e. The average Bonchev–Trinajstić information content (AvgIpc) is 3.81. The van der Waals surface area contributed by atoms with E-state index in [1.165, 1.54) is 89.3 Å². The van der Waals surface area contributed by atoms with Gasteiger partial charge in [-0.3, -0.25) is 4.57 Å². The van der Waals surface area contributed by atoms with E-state index < -0.39 is 0 Å². The Morgan fingerprint density at radius 2 is 1.45 bits per heavy atom. The highest BCUT2D eigenvalue weighted by molar-refractivity contribution is 6.08. The van der Waals surface area contributed by atoms with Crippen molar-refractivity contribution in [2.24, 2.45) is 5.41 Å². The Labute approximate surface area is 287 Å². The topological polar surface area (TPSA) is 39.9 Å². The lowest BCUT2D eigenvalue weighted by Crippen LogP contribution is -2.21. The molecule has 49 heavy (non-hydrogen) atoms. The summed E-state index contributed by atoms with van der Waals surface area (Å²) in [6.07, 6.45) is 13.0. The van der Waals surface area contributed by atoms with Crippen LogP contribution in [0.2, 0.25) is 0 Å². The molecule has 0 saturated heterocycles. The van der Waals surface area contributed by atoms with Crippen LogP contribution in [0.1, 0.15) is 65.8 Å². The minimum atomic E-state index is 0.304. The van der Waals surface area contributed by atoms with Crippen molar-refractivity contribution in [2.75, 3.05) is 0 Å². The van der Waals surface area contributed by atoms with Gasteiger partial charge in [0.1, 0.15) is 11.6 Å². The Kier molecular flexibility index (Phi) is 6.72. The number of ether oxygens (including phenoxy) is 1. The molecule has 4 nitrogen and oxygen atoms in total. The number of hydrogen-bond donors (Lipinski definition) is 0. The summed E-state index contributed by atoms with van der Waals surface area (Å²) < 4.78 is 8.75. The Bertz CT molecular complexity index is 2340. The molecule has 7 aromatic rings. The average molecular weight is 638 g/mol. The lowest BCUT2D eigenvalue weighted by molar-refractivity contribution is 0.327. The summed E-state index contributed by atoms with van der Waals surface area (Å²) in [5.41, 5.74) is 12.3. The molecule has 0 atom stereocenters. The number of hydrogen-bond acceptors (Lipinski definition) is 3. The van der Waals surface area contributed by atoms with E-state index in [2.05, 4.69) is 95.6 Å². The Morgan fingerprint density at radius 1 is 0.653 bits per heavy atom. The fourth-order valence-electron chi connectivity index (χ4n) is 9.35. The van der Waals surface area contributed by atoms with Gasteiger partial charge in [0.2, 0.25) is 5.88 Å². The maximum Gasteiger partial charge on any atom is 0.221 e. The van der Waals surface area contributed by atoms with E-state index in [1.807, 2.05) is 30.5 Å². The molecule has 0 unspecified atom stereocenters. The van der Waals surface area contributed by atoms with Crippen LogP contribution in [0.25, 0.3) is 38.9 Å². The van der Waals surface area contributed by atoms with Crippen LogP contribution in [0.15, 0.2) is 121 Å². The van der Waals surface area contributed by atoms with Crippen LogP contribution in [0, 0.1) is 5.41 Å². The molecule has 3 aliphatic carbocycles. The number of benzene rings is 4. The van der Waals surface area contributed by atoms with Gasteiger partial charge in [0, 0.05) is 23.0 Å². The van der Waals surface area contributed by atoms with Crippen LogP contribution in [-0.2, 0) is 25.7 Å². The summed E-state index contributed by atoms with van der Waals surface area (Å²) in [6, 6.07) is 41.7. The fraction of sp³-hybridized carbons (Fsp3) is 0.244. The van der Waals surface area contributed by atoms with Crippen molar-refractivity contribution in [1.29, 1.82) is 0 Å². The maximum atomic E-state index is 6.56. The minimum absolute atomic E-state index is 0.304. The third-order valence-electron chi connectivity index (χ3n) is 11.6. The molecule has 240 valence electrons. The highest BCUT2D eigenvalue weighted by Gasteiger charge is 2.42. The Hall–Kier alpha value is -5.22. The van der Waals surface area contributed by atoms with Gasteiger partial charge in [-0.15, -0.1) is 0 Å². The molecule has 4 aromatic carbocycles. The summed E-state index contributed by atoms with van der Waals surface area (Å²) >= 11 is 0. The van der Waals surface area contributed by atoms with Crippen molar-refractivity contribution >= 4 is 21.9 Å². The second kappa shape index (κ2) is 11.4. The van der Waals surface area contributed by atoms with Crippen molar-refractivity contribution in [3.63, 3.8) is 0 Å². The molecule has 1 fully saturated rings. The molecule has 0 bridgehead atoms. The van der Waals surface area contributed by atoms with Crippen LogP contribution >= 0.6 is 0 Å². The molecule has 3 aliphatic rings. The molecule has 4 heteroatoms. The van der Waals surface area contributed by atoms with E-state index in [0.29, 0.717) is 17.2 Å². The van der Waals surface area contributed by atoms with Gasteiger partial charge in [-0.2, -0.15) is 4.98 Å². The Balaban J connectivity index is 0.996. The third kappa shape index (κ3) is 4.96. The van der Waals surface area contributed by atoms with Gasteiger partial charge in [-0.1, -0.05) is 86.0 Å². The van der Waals surface area contributed by atoms with Crippen LogP contribution in [0.3, 0.4) is 0 Å². The molecular formula is C45H39N3O. The first kappa shape index (κ1) is 28.8. The third-order valence-corrected chi connectivity index (χ3v) is 11.6. The second-order valence-electron chi connectivity index (χ2n) is 14.7. The zero-order valence-corrected chi connectivity index (χ0v) is 27.7. The fourth-order valence-corrected chi connectivity index (χ4v) is 9.35. The van der Waals surface area contributed by atoms with Gasteiger partial charge in [0.15, 0.2) is 5.65 Å². The van der Waals surface area contributed by atoms with Gasteiger partial charge in [-0.25, -0.2) is 4.98 Å². The SMILES string of the molecule is c1ccc(-n2c3ccc(C4CCCCC4)cc3c3ccc(Oc4cccc(-c5cccc6c5CC5(Cc7ccccc7C5)C6)c4)nc32)nc1. The summed E-state index contributed by atoms with van der Waals surface area (Å²) in [4.78, 5) is 9.90. The molecule has 0 aliphatic heterocycles. The van der Waals surface area contributed by atoms with E-state index >= 15 is 0 Å². The largest absolute Gasteiger partial charge is 0.439 e. The molecule has 0 radical (unpaired) electrons. The second-order valence-corrected chi connectivity index (χ2v) is 14.7. The number of fused-ring (bicyclic) bond motifs is 5. The maximum absolute atomic E-state index is 6.56. The van der Waals surface area contributed by atoms with Crippen molar-refractivity contribution in [3.8, 4) is 28.6 Å². The first-order valence-corrected chi connectivity index (χ1v) is 18.0. The molecule has 0 amide bonds. The molecule has 3 aromatic heterocycles. The van der Waals surface area contributed by atoms with Gasteiger partial charge >= 0.3 is 0 Å². The molecule has 3 heterocycles. The highest BCUT2D eigenvalue weighted by Crippen LogP contribution is 2.49. The van der Waals surface area contributed by atoms with Gasteiger partial charge < -0.3 is 4.74 Å².